The van der Waals surface area contributed by atoms with E-state index in [-0.39, 0.29) is 23.7 Å². The molecule has 2 amide bonds. The second kappa shape index (κ2) is 9.05. The minimum Gasteiger partial charge on any atom is -0.300 e. The number of anilines is 1. The molecule has 1 aromatic heterocycles. The molecule has 2 aromatic rings. The van der Waals surface area contributed by atoms with Gasteiger partial charge in [0.25, 0.3) is 0 Å². The highest BCUT2D eigenvalue weighted by Crippen LogP contribution is 2.38. The van der Waals surface area contributed by atoms with Crippen LogP contribution in [0.4, 0.5) is 5.13 Å². The van der Waals surface area contributed by atoms with Gasteiger partial charge in [0.2, 0.25) is 16.9 Å². The molecule has 1 aliphatic rings. The molecular formula is C19H24N4O3S. The first-order valence-corrected chi connectivity index (χ1v) is 9.87. The lowest BCUT2D eigenvalue weighted by Crippen LogP contribution is -2.34. The second-order valence-corrected chi connectivity index (χ2v) is 7.74. The van der Waals surface area contributed by atoms with E-state index in [2.05, 4.69) is 15.5 Å². The number of hydrogen-bond acceptors (Lipinski definition) is 6. The minimum absolute atomic E-state index is 0.00287. The maximum Gasteiger partial charge on any atom is 0.248 e. The van der Waals surface area contributed by atoms with Gasteiger partial charge in [0.05, 0.1) is 13.5 Å². The molecule has 1 fully saturated rings. The van der Waals surface area contributed by atoms with Crippen LogP contribution in [-0.2, 0) is 20.8 Å². The minimum atomic E-state index is -0.109. The van der Waals surface area contributed by atoms with Crippen molar-refractivity contribution in [2.75, 3.05) is 19.5 Å². The van der Waals surface area contributed by atoms with Gasteiger partial charge in [-0.3, -0.25) is 14.4 Å². The highest BCUT2D eigenvalue weighted by Gasteiger charge is 2.32. The molecule has 0 spiro atoms. The lowest BCUT2D eigenvalue weighted by atomic mass is 9.81. The van der Waals surface area contributed by atoms with Gasteiger partial charge in [-0.25, -0.2) is 5.06 Å². The summed E-state index contributed by atoms with van der Waals surface area (Å²) in [4.78, 5) is 29.5. The van der Waals surface area contributed by atoms with Crippen LogP contribution in [0, 0.1) is 5.92 Å². The molecule has 1 N–H and O–H groups in total. The van der Waals surface area contributed by atoms with Crippen molar-refractivity contribution >= 4 is 28.3 Å². The van der Waals surface area contributed by atoms with E-state index >= 15 is 0 Å². The van der Waals surface area contributed by atoms with Crippen molar-refractivity contribution in [1.29, 1.82) is 0 Å². The zero-order valence-corrected chi connectivity index (χ0v) is 16.4. The van der Waals surface area contributed by atoms with Crippen molar-refractivity contribution in [1.82, 2.24) is 15.3 Å². The fraction of sp³-hybridized carbons (Fsp3) is 0.474. The topological polar surface area (TPSA) is 84.4 Å². The van der Waals surface area contributed by atoms with Crippen LogP contribution in [0.25, 0.3) is 0 Å². The normalized spacial score (nSPS) is 19.5. The maximum atomic E-state index is 12.3. The highest BCUT2D eigenvalue weighted by molar-refractivity contribution is 7.15. The molecule has 3 rings (SSSR count). The summed E-state index contributed by atoms with van der Waals surface area (Å²) in [6, 6.07) is 9.58. The summed E-state index contributed by atoms with van der Waals surface area (Å²) in [5.74, 6) is 0.0226. The van der Waals surface area contributed by atoms with Crippen LogP contribution in [0.1, 0.15) is 42.2 Å². The molecule has 0 radical (unpaired) electrons. The first-order valence-electron chi connectivity index (χ1n) is 9.05. The Morgan fingerprint density at radius 3 is 2.78 bits per heavy atom. The summed E-state index contributed by atoms with van der Waals surface area (Å²) in [5.41, 5.74) is 0.954. The van der Waals surface area contributed by atoms with Crippen molar-refractivity contribution in [2.45, 2.75) is 38.0 Å². The molecule has 8 heteroatoms. The van der Waals surface area contributed by atoms with Gasteiger partial charge in [0.15, 0.2) is 0 Å². The lowest BCUT2D eigenvalue weighted by molar-refractivity contribution is -0.174. The molecule has 2 atom stereocenters. The summed E-state index contributed by atoms with van der Waals surface area (Å²) in [7, 11) is 3.13. The molecule has 1 saturated carbocycles. The Morgan fingerprint density at radius 2 is 2.04 bits per heavy atom. The van der Waals surface area contributed by atoms with Crippen LogP contribution < -0.4 is 5.32 Å². The number of benzene rings is 1. The zero-order chi connectivity index (χ0) is 19.2. The lowest BCUT2D eigenvalue weighted by Gasteiger charge is -2.29. The fourth-order valence-corrected chi connectivity index (χ4v) is 4.29. The monoisotopic (exact) mass is 388 g/mol. The molecule has 0 aliphatic heterocycles. The van der Waals surface area contributed by atoms with Crippen LogP contribution in [-0.4, -0.2) is 41.2 Å². The van der Waals surface area contributed by atoms with Crippen LogP contribution in [0.15, 0.2) is 30.3 Å². The van der Waals surface area contributed by atoms with Crippen LogP contribution >= 0.6 is 11.3 Å². The quantitative estimate of drug-likeness (QED) is 0.769. The molecule has 1 heterocycles. The van der Waals surface area contributed by atoms with Gasteiger partial charge in [-0.1, -0.05) is 48.1 Å². The number of hydroxylamine groups is 2. The van der Waals surface area contributed by atoms with E-state index in [1.807, 2.05) is 30.3 Å². The Bertz CT molecular complexity index is 780. The number of nitrogens with zero attached hydrogens (tertiary/aromatic N) is 3. The molecule has 0 unspecified atom stereocenters. The fourth-order valence-electron chi connectivity index (χ4n) is 3.38. The first kappa shape index (κ1) is 19.4. The average Bonchev–Trinajstić information content (AvgIpc) is 3.16. The van der Waals surface area contributed by atoms with Gasteiger partial charge in [-0.2, -0.15) is 0 Å². The summed E-state index contributed by atoms with van der Waals surface area (Å²) >= 11 is 1.40. The largest absolute Gasteiger partial charge is 0.300 e. The van der Waals surface area contributed by atoms with Crippen molar-refractivity contribution in [2.24, 2.45) is 5.92 Å². The average molecular weight is 388 g/mol. The Kier molecular flexibility index (Phi) is 6.52. The van der Waals surface area contributed by atoms with Crippen LogP contribution in [0.2, 0.25) is 0 Å². The Morgan fingerprint density at radius 1 is 1.26 bits per heavy atom. The summed E-state index contributed by atoms with van der Waals surface area (Å²) in [5, 5.41) is 13.9. The predicted molar refractivity (Wildman–Crippen MR) is 103 cm³/mol. The number of aromatic nitrogens is 2. The van der Waals surface area contributed by atoms with E-state index in [0.717, 1.165) is 36.3 Å². The Hall–Kier alpha value is -2.32. The maximum absolute atomic E-state index is 12.3. The van der Waals surface area contributed by atoms with Crippen LogP contribution in [0.3, 0.4) is 0 Å². The molecule has 1 aromatic carbocycles. The highest BCUT2D eigenvalue weighted by atomic mass is 32.1. The van der Waals surface area contributed by atoms with Gasteiger partial charge in [-0.05, 0) is 24.8 Å². The van der Waals surface area contributed by atoms with Crippen molar-refractivity contribution in [3.63, 3.8) is 0 Å². The Labute approximate surface area is 162 Å². The van der Waals surface area contributed by atoms with Crippen molar-refractivity contribution in [3.05, 3.63) is 40.9 Å². The van der Waals surface area contributed by atoms with E-state index in [1.54, 1.807) is 7.05 Å². The van der Waals surface area contributed by atoms with E-state index in [1.165, 1.54) is 23.5 Å². The van der Waals surface area contributed by atoms with Crippen LogP contribution in [0.5, 0.6) is 0 Å². The molecule has 7 nitrogen and oxygen atoms in total. The second-order valence-electron chi connectivity index (χ2n) is 6.73. The first-order chi connectivity index (χ1) is 13.1. The number of rotatable bonds is 6. The number of carbonyl (C=O) groups excluding carboxylic acids is 2. The number of amides is 2. The van der Waals surface area contributed by atoms with Gasteiger partial charge in [-0.15, -0.1) is 10.2 Å². The van der Waals surface area contributed by atoms with E-state index in [0.29, 0.717) is 11.6 Å². The van der Waals surface area contributed by atoms with E-state index < -0.39 is 0 Å². The third kappa shape index (κ3) is 5.11. The zero-order valence-electron chi connectivity index (χ0n) is 15.6. The molecule has 0 saturated heterocycles. The molecule has 1 aliphatic carbocycles. The summed E-state index contributed by atoms with van der Waals surface area (Å²) < 4.78 is 0. The third-order valence-electron chi connectivity index (χ3n) is 4.85. The van der Waals surface area contributed by atoms with Gasteiger partial charge in [0, 0.05) is 18.9 Å². The molecular weight excluding hydrogens is 364 g/mol. The molecule has 27 heavy (non-hydrogen) atoms. The number of hydrogen-bond donors (Lipinski definition) is 1. The molecule has 0 bridgehead atoms. The van der Waals surface area contributed by atoms with E-state index in [9.17, 15) is 9.59 Å². The number of carbonyl (C=O) groups is 2. The number of nitrogens with one attached hydrogen (secondary N) is 1. The standard InChI is InChI=1S/C19H24N4O3S/c1-23(26-2)18(25)15-10-6-9-14(12-15)17-21-22-19(27-17)20-16(24)11-13-7-4-3-5-8-13/h3-5,7-8,14-15H,6,9-12H2,1-2H3,(H,20,22,24)/t14-,15-/m1/s1. The summed E-state index contributed by atoms with van der Waals surface area (Å²) in [6.45, 7) is 0. The van der Waals surface area contributed by atoms with Crippen molar-refractivity contribution < 1.29 is 14.4 Å². The SMILES string of the molecule is CON(C)C(=O)[C@@H]1CCC[C@@H](c2nnc(NC(=O)Cc3ccccc3)s2)C1. The third-order valence-corrected chi connectivity index (χ3v) is 5.85. The van der Waals surface area contributed by atoms with Gasteiger partial charge in [0.1, 0.15) is 5.01 Å². The molecule has 144 valence electrons. The Balaban J connectivity index is 1.58. The van der Waals surface area contributed by atoms with E-state index in [4.69, 9.17) is 4.84 Å². The van der Waals surface area contributed by atoms with Gasteiger partial charge < -0.3 is 5.32 Å². The van der Waals surface area contributed by atoms with Crippen molar-refractivity contribution in [3.8, 4) is 0 Å². The predicted octanol–water partition coefficient (Wildman–Crippen LogP) is 3.01. The van der Waals surface area contributed by atoms with Gasteiger partial charge >= 0.3 is 0 Å². The smallest absolute Gasteiger partial charge is 0.248 e. The summed E-state index contributed by atoms with van der Waals surface area (Å²) in [6.07, 6.45) is 3.85.